The lowest BCUT2D eigenvalue weighted by atomic mass is 10.0. The summed E-state index contributed by atoms with van der Waals surface area (Å²) in [4.78, 5) is 34.3. The van der Waals surface area contributed by atoms with Gasteiger partial charge >= 0.3 is 6.03 Å². The van der Waals surface area contributed by atoms with E-state index in [-0.39, 0.29) is 11.4 Å². The molecule has 0 radical (unpaired) electrons. The van der Waals surface area contributed by atoms with Crippen LogP contribution < -0.4 is 22.1 Å². The number of urea groups is 1. The molecule has 1 heterocycles. The van der Waals surface area contributed by atoms with Gasteiger partial charge in [0.15, 0.2) is 5.69 Å². The van der Waals surface area contributed by atoms with Crippen LogP contribution in [0.15, 0.2) is 54.7 Å². The van der Waals surface area contributed by atoms with Crippen LogP contribution in [-0.4, -0.2) is 34.7 Å². The van der Waals surface area contributed by atoms with E-state index in [1.165, 1.54) is 17.9 Å². The smallest absolute Gasteiger partial charge is 0.319 e. The van der Waals surface area contributed by atoms with Crippen molar-refractivity contribution in [2.45, 2.75) is 0 Å². The molecule has 0 aliphatic carbocycles. The highest BCUT2D eigenvalue weighted by molar-refractivity contribution is 6.01. The number of benzene rings is 2. The summed E-state index contributed by atoms with van der Waals surface area (Å²) in [6.07, 6.45) is 1.51. The fourth-order valence-corrected chi connectivity index (χ4v) is 2.60. The number of anilines is 1. The Morgan fingerprint density at radius 2 is 1.46 bits per heavy atom. The van der Waals surface area contributed by atoms with Gasteiger partial charge in [0, 0.05) is 12.6 Å². The van der Waals surface area contributed by atoms with Crippen molar-refractivity contribution in [2.24, 2.45) is 11.5 Å². The Labute approximate surface area is 160 Å². The first kappa shape index (κ1) is 18.6. The van der Waals surface area contributed by atoms with Gasteiger partial charge < -0.3 is 22.1 Å². The predicted molar refractivity (Wildman–Crippen MR) is 104 cm³/mol. The van der Waals surface area contributed by atoms with E-state index >= 15 is 0 Å². The first-order chi connectivity index (χ1) is 13.4. The first-order valence-corrected chi connectivity index (χ1v) is 8.28. The summed E-state index contributed by atoms with van der Waals surface area (Å²) < 4.78 is 1.45. The zero-order chi connectivity index (χ0) is 20.3. The lowest BCUT2D eigenvalue weighted by molar-refractivity contribution is 0.0989. The van der Waals surface area contributed by atoms with Crippen LogP contribution in [0.4, 0.5) is 10.5 Å². The Balaban J connectivity index is 1.88. The molecule has 3 rings (SSSR count). The van der Waals surface area contributed by atoms with Crippen LogP contribution in [0.25, 0.3) is 16.8 Å². The van der Waals surface area contributed by atoms with Crippen molar-refractivity contribution in [1.82, 2.24) is 15.1 Å². The molecule has 0 saturated heterocycles. The number of hydrogen-bond donors (Lipinski definition) is 4. The second-order valence-corrected chi connectivity index (χ2v) is 5.89. The molecular weight excluding hydrogens is 360 g/mol. The molecule has 1 aromatic heterocycles. The second kappa shape index (κ2) is 7.62. The molecule has 4 amide bonds. The predicted octanol–water partition coefficient (Wildman–Crippen LogP) is 1.49. The molecule has 0 aliphatic heterocycles. The maximum Gasteiger partial charge on any atom is 0.319 e. The third-order valence-corrected chi connectivity index (χ3v) is 4.06. The molecular formula is C19H18N6O3. The van der Waals surface area contributed by atoms with Crippen molar-refractivity contribution >= 4 is 23.5 Å². The molecule has 6 N–H and O–H groups in total. The van der Waals surface area contributed by atoms with Crippen LogP contribution in [0.5, 0.6) is 0 Å². The number of nitrogens with one attached hydrogen (secondary N) is 2. The van der Waals surface area contributed by atoms with Crippen molar-refractivity contribution in [3.05, 3.63) is 66.0 Å². The summed E-state index contributed by atoms with van der Waals surface area (Å²) in [7, 11) is 1.46. The lowest BCUT2D eigenvalue weighted by Gasteiger charge is -2.05. The number of carbonyl (C=O) groups excluding carboxylic acids is 3. The number of aromatic nitrogens is 2. The van der Waals surface area contributed by atoms with Crippen LogP contribution in [-0.2, 0) is 0 Å². The fraction of sp³-hybridized carbons (Fsp3) is 0.0526. The summed E-state index contributed by atoms with van der Waals surface area (Å²) >= 11 is 0. The molecule has 3 aromatic rings. The highest BCUT2D eigenvalue weighted by Gasteiger charge is 2.16. The van der Waals surface area contributed by atoms with Gasteiger partial charge in [-0.2, -0.15) is 5.10 Å². The number of nitrogens with zero attached hydrogens (tertiary/aromatic N) is 2. The Bertz CT molecular complexity index is 1040. The summed E-state index contributed by atoms with van der Waals surface area (Å²) in [6.45, 7) is 0. The van der Waals surface area contributed by atoms with Crippen molar-refractivity contribution in [3.8, 4) is 16.8 Å². The molecule has 0 spiro atoms. The molecule has 0 fully saturated rings. The fourth-order valence-electron chi connectivity index (χ4n) is 2.60. The maximum atomic E-state index is 11.6. The minimum absolute atomic E-state index is 0.0466. The van der Waals surface area contributed by atoms with Gasteiger partial charge in [-0.1, -0.05) is 24.3 Å². The standard InChI is InChI=1S/C19H18N6O3/c1-22-19(28)23-15-10-25(24-16(15)18(21)27)14-8-6-12(7-9-14)11-2-4-13(5-3-11)17(20)26/h2-10H,1H3,(H2,20,26)(H2,21,27)(H2,22,23,28). The molecule has 9 heteroatoms. The zero-order valence-corrected chi connectivity index (χ0v) is 15.0. The minimum atomic E-state index is -0.753. The van der Waals surface area contributed by atoms with Gasteiger partial charge in [0.25, 0.3) is 5.91 Å². The van der Waals surface area contributed by atoms with E-state index in [1.807, 2.05) is 12.1 Å². The van der Waals surface area contributed by atoms with Crippen LogP contribution in [0, 0.1) is 0 Å². The SMILES string of the molecule is CNC(=O)Nc1cn(-c2ccc(-c3ccc(C(N)=O)cc3)cc2)nc1C(N)=O. The molecule has 142 valence electrons. The van der Waals surface area contributed by atoms with Crippen molar-refractivity contribution in [2.75, 3.05) is 12.4 Å². The quantitative estimate of drug-likeness (QED) is 0.533. The summed E-state index contributed by atoms with van der Waals surface area (Å²) in [5.74, 6) is -1.23. The van der Waals surface area contributed by atoms with Gasteiger partial charge in [-0.25, -0.2) is 9.48 Å². The van der Waals surface area contributed by atoms with Crippen LogP contribution in [0.2, 0.25) is 0 Å². The number of hydrogen-bond acceptors (Lipinski definition) is 4. The highest BCUT2D eigenvalue weighted by atomic mass is 16.2. The van der Waals surface area contributed by atoms with Crippen LogP contribution >= 0.6 is 0 Å². The molecule has 0 saturated carbocycles. The highest BCUT2D eigenvalue weighted by Crippen LogP contribution is 2.23. The van der Waals surface area contributed by atoms with Crippen LogP contribution in [0.1, 0.15) is 20.8 Å². The Kier molecular flexibility index (Phi) is 5.07. The summed E-state index contributed by atoms with van der Waals surface area (Å²) in [5.41, 5.74) is 13.7. The van der Waals surface area contributed by atoms with Crippen molar-refractivity contribution < 1.29 is 14.4 Å². The van der Waals surface area contributed by atoms with Crippen molar-refractivity contribution in [3.63, 3.8) is 0 Å². The second-order valence-electron chi connectivity index (χ2n) is 5.89. The topological polar surface area (TPSA) is 145 Å². The lowest BCUT2D eigenvalue weighted by Crippen LogP contribution is -2.26. The van der Waals surface area contributed by atoms with Gasteiger partial charge in [0.2, 0.25) is 5.91 Å². The van der Waals surface area contributed by atoms with Gasteiger partial charge in [-0.15, -0.1) is 0 Å². The monoisotopic (exact) mass is 378 g/mol. The normalized spacial score (nSPS) is 10.3. The van der Waals surface area contributed by atoms with E-state index in [2.05, 4.69) is 15.7 Å². The number of rotatable bonds is 5. The first-order valence-electron chi connectivity index (χ1n) is 8.28. The zero-order valence-electron chi connectivity index (χ0n) is 15.0. The Hall–Kier alpha value is -4.14. The molecule has 0 unspecified atom stereocenters. The van der Waals surface area contributed by atoms with Crippen molar-refractivity contribution in [1.29, 1.82) is 0 Å². The molecule has 0 atom stereocenters. The van der Waals surface area contributed by atoms with Gasteiger partial charge in [0.05, 0.1) is 17.6 Å². The number of nitrogens with two attached hydrogens (primary N) is 2. The molecule has 28 heavy (non-hydrogen) atoms. The average Bonchev–Trinajstić information content (AvgIpc) is 3.12. The van der Waals surface area contributed by atoms with E-state index in [0.29, 0.717) is 11.3 Å². The molecule has 2 aromatic carbocycles. The molecule has 0 bridgehead atoms. The van der Waals surface area contributed by atoms with E-state index in [1.54, 1.807) is 36.4 Å². The minimum Gasteiger partial charge on any atom is -0.366 e. The molecule has 9 nitrogen and oxygen atoms in total. The van der Waals surface area contributed by atoms with Crippen LogP contribution in [0.3, 0.4) is 0 Å². The summed E-state index contributed by atoms with van der Waals surface area (Å²) in [5, 5.41) is 9.06. The van der Waals surface area contributed by atoms with E-state index < -0.39 is 17.8 Å². The third-order valence-electron chi connectivity index (χ3n) is 4.06. The summed E-state index contributed by atoms with van der Waals surface area (Å²) in [6, 6.07) is 13.8. The van der Waals surface area contributed by atoms with Gasteiger partial charge in [-0.05, 0) is 35.4 Å². The largest absolute Gasteiger partial charge is 0.366 e. The van der Waals surface area contributed by atoms with Gasteiger partial charge in [0.1, 0.15) is 0 Å². The maximum absolute atomic E-state index is 11.6. The third kappa shape index (κ3) is 3.83. The Morgan fingerprint density at radius 3 is 1.96 bits per heavy atom. The van der Waals surface area contributed by atoms with Gasteiger partial charge in [-0.3, -0.25) is 9.59 Å². The number of carbonyl (C=O) groups is 3. The number of amides is 4. The number of primary amides is 2. The Morgan fingerprint density at radius 1 is 0.893 bits per heavy atom. The van der Waals surface area contributed by atoms with E-state index in [4.69, 9.17) is 11.5 Å². The molecule has 0 aliphatic rings. The average molecular weight is 378 g/mol. The van der Waals surface area contributed by atoms with E-state index in [9.17, 15) is 14.4 Å². The van der Waals surface area contributed by atoms with E-state index in [0.717, 1.165) is 11.1 Å².